The molecule has 6 nitrogen and oxygen atoms in total. The third-order valence-corrected chi connectivity index (χ3v) is 3.41. The maximum absolute atomic E-state index is 11.3. The van der Waals surface area contributed by atoms with Crippen LogP contribution < -0.4 is 0 Å². The maximum Gasteiger partial charge on any atom is 0.306 e. The molecular formula is C14H22N2O4. The Morgan fingerprint density at radius 1 is 1.60 bits per heavy atom. The van der Waals surface area contributed by atoms with Crippen LogP contribution in [0, 0.1) is 6.92 Å². The van der Waals surface area contributed by atoms with Crippen molar-refractivity contribution in [3.63, 3.8) is 0 Å². The first-order valence-electron chi connectivity index (χ1n) is 7.00. The topological polar surface area (TPSA) is 64.8 Å². The highest BCUT2D eigenvalue weighted by molar-refractivity contribution is 5.69. The quantitative estimate of drug-likeness (QED) is 0.707. The van der Waals surface area contributed by atoms with Gasteiger partial charge in [0.1, 0.15) is 5.76 Å². The summed E-state index contributed by atoms with van der Waals surface area (Å²) in [6.45, 7) is 4.81. The predicted molar refractivity (Wildman–Crippen MR) is 72.1 cm³/mol. The normalized spacial score (nSPS) is 18.6. The van der Waals surface area contributed by atoms with Gasteiger partial charge in [-0.25, -0.2) is 0 Å². The molecule has 0 saturated carbocycles. The van der Waals surface area contributed by atoms with Crippen LogP contribution in [0.25, 0.3) is 0 Å². The summed E-state index contributed by atoms with van der Waals surface area (Å²) in [7, 11) is 1.41. The van der Waals surface area contributed by atoms with Crippen LogP contribution >= 0.6 is 0 Å². The van der Waals surface area contributed by atoms with Crippen molar-refractivity contribution < 1.29 is 18.8 Å². The molecule has 0 aromatic carbocycles. The standard InChI is InChI=1S/C14H22N2O4/c1-11-8-12(15-20-11)9-16(6-5-14(17)18-2)10-13-4-3-7-19-13/h8,13H,3-7,9-10H2,1-2H3. The van der Waals surface area contributed by atoms with E-state index >= 15 is 0 Å². The van der Waals surface area contributed by atoms with E-state index in [0.717, 1.165) is 37.4 Å². The van der Waals surface area contributed by atoms with Crippen LogP contribution in [0.5, 0.6) is 0 Å². The van der Waals surface area contributed by atoms with E-state index < -0.39 is 0 Å². The highest BCUT2D eigenvalue weighted by Crippen LogP contribution is 2.15. The number of ether oxygens (including phenoxy) is 2. The lowest BCUT2D eigenvalue weighted by Gasteiger charge is -2.23. The average Bonchev–Trinajstić information content (AvgIpc) is 3.07. The van der Waals surface area contributed by atoms with E-state index in [9.17, 15) is 4.79 Å². The third kappa shape index (κ3) is 4.61. The molecule has 1 saturated heterocycles. The fraction of sp³-hybridized carbons (Fsp3) is 0.714. The lowest BCUT2D eigenvalue weighted by atomic mass is 10.2. The number of hydrogen-bond acceptors (Lipinski definition) is 6. The van der Waals surface area contributed by atoms with Crippen molar-refractivity contribution in [3.8, 4) is 0 Å². The summed E-state index contributed by atoms with van der Waals surface area (Å²) >= 11 is 0. The number of nitrogens with zero attached hydrogens (tertiary/aromatic N) is 2. The Kier molecular flexibility index (Phi) is 5.55. The molecule has 6 heteroatoms. The van der Waals surface area contributed by atoms with E-state index in [1.807, 2.05) is 13.0 Å². The Morgan fingerprint density at radius 2 is 2.45 bits per heavy atom. The van der Waals surface area contributed by atoms with E-state index in [0.29, 0.717) is 19.5 Å². The second-order valence-electron chi connectivity index (χ2n) is 5.13. The first kappa shape index (κ1) is 15.0. The molecule has 1 aromatic rings. The second kappa shape index (κ2) is 7.40. The summed E-state index contributed by atoms with van der Waals surface area (Å²) in [6, 6.07) is 1.92. The maximum atomic E-state index is 11.3. The first-order valence-corrected chi connectivity index (χ1v) is 7.00. The molecule has 2 rings (SSSR count). The Bertz CT molecular complexity index is 427. The number of aromatic nitrogens is 1. The number of rotatable bonds is 7. The summed E-state index contributed by atoms with van der Waals surface area (Å²) < 4.78 is 15.4. The monoisotopic (exact) mass is 282 g/mol. The minimum Gasteiger partial charge on any atom is -0.469 e. The number of carbonyl (C=O) groups excluding carboxylic acids is 1. The lowest BCUT2D eigenvalue weighted by Crippen LogP contribution is -2.33. The molecule has 1 fully saturated rings. The molecule has 0 aliphatic carbocycles. The molecule has 0 spiro atoms. The van der Waals surface area contributed by atoms with E-state index in [-0.39, 0.29) is 12.1 Å². The van der Waals surface area contributed by atoms with Crippen LogP contribution in [0.3, 0.4) is 0 Å². The van der Waals surface area contributed by atoms with Crippen molar-refractivity contribution in [2.24, 2.45) is 0 Å². The molecular weight excluding hydrogens is 260 g/mol. The smallest absolute Gasteiger partial charge is 0.306 e. The van der Waals surface area contributed by atoms with Gasteiger partial charge in [0.25, 0.3) is 0 Å². The lowest BCUT2D eigenvalue weighted by molar-refractivity contribution is -0.141. The Balaban J connectivity index is 1.89. The van der Waals surface area contributed by atoms with Crippen LogP contribution in [0.2, 0.25) is 0 Å². The summed E-state index contributed by atoms with van der Waals surface area (Å²) in [5.41, 5.74) is 0.880. The van der Waals surface area contributed by atoms with Gasteiger partial charge in [0.05, 0.1) is 25.3 Å². The largest absolute Gasteiger partial charge is 0.469 e. The molecule has 0 radical (unpaired) electrons. The van der Waals surface area contributed by atoms with Gasteiger partial charge in [-0.15, -0.1) is 0 Å². The Labute approximate surface area is 119 Å². The number of carbonyl (C=O) groups is 1. The number of esters is 1. The molecule has 0 bridgehead atoms. The number of hydrogen-bond donors (Lipinski definition) is 0. The zero-order valence-corrected chi connectivity index (χ0v) is 12.1. The van der Waals surface area contributed by atoms with Gasteiger partial charge in [0.2, 0.25) is 0 Å². The van der Waals surface area contributed by atoms with E-state index in [1.165, 1.54) is 7.11 Å². The Morgan fingerprint density at radius 3 is 3.05 bits per heavy atom. The van der Waals surface area contributed by atoms with E-state index in [4.69, 9.17) is 14.0 Å². The van der Waals surface area contributed by atoms with Crippen molar-refractivity contribution in [3.05, 3.63) is 17.5 Å². The molecule has 1 atom stereocenters. The SMILES string of the molecule is COC(=O)CCN(Cc1cc(C)on1)CC1CCCO1. The summed E-state index contributed by atoms with van der Waals surface area (Å²) in [4.78, 5) is 13.5. The zero-order valence-electron chi connectivity index (χ0n) is 12.1. The molecule has 1 aromatic heterocycles. The Hall–Kier alpha value is -1.40. The fourth-order valence-corrected chi connectivity index (χ4v) is 2.38. The number of methoxy groups -OCH3 is 1. The van der Waals surface area contributed by atoms with Crippen molar-refractivity contribution in [2.45, 2.75) is 38.8 Å². The second-order valence-corrected chi connectivity index (χ2v) is 5.13. The van der Waals surface area contributed by atoms with Crippen molar-refractivity contribution in [2.75, 3.05) is 26.8 Å². The van der Waals surface area contributed by atoms with Crippen molar-refractivity contribution in [1.82, 2.24) is 10.1 Å². The van der Waals surface area contributed by atoms with Crippen molar-refractivity contribution >= 4 is 5.97 Å². The highest BCUT2D eigenvalue weighted by Gasteiger charge is 2.20. The van der Waals surface area contributed by atoms with E-state index in [1.54, 1.807) is 0 Å². The van der Waals surface area contributed by atoms with Crippen LogP contribution in [0.1, 0.15) is 30.7 Å². The average molecular weight is 282 g/mol. The fourth-order valence-electron chi connectivity index (χ4n) is 2.38. The minimum absolute atomic E-state index is 0.196. The molecule has 1 aliphatic heterocycles. The van der Waals surface area contributed by atoms with Crippen LogP contribution in [0.4, 0.5) is 0 Å². The van der Waals surface area contributed by atoms with Crippen LogP contribution in [0.15, 0.2) is 10.6 Å². The van der Waals surface area contributed by atoms with Crippen LogP contribution in [-0.4, -0.2) is 48.9 Å². The van der Waals surface area contributed by atoms with Gasteiger partial charge in [-0.3, -0.25) is 9.69 Å². The van der Waals surface area contributed by atoms with Gasteiger partial charge in [0, 0.05) is 32.3 Å². The first-order chi connectivity index (χ1) is 9.67. The summed E-state index contributed by atoms with van der Waals surface area (Å²) in [5, 5.41) is 4.00. The molecule has 0 amide bonds. The van der Waals surface area contributed by atoms with Gasteiger partial charge in [0.15, 0.2) is 0 Å². The molecule has 112 valence electrons. The number of aryl methyl sites for hydroxylation is 1. The molecule has 0 N–H and O–H groups in total. The van der Waals surface area contributed by atoms with Gasteiger partial charge in [-0.05, 0) is 19.8 Å². The predicted octanol–water partition coefficient (Wildman–Crippen LogP) is 1.53. The summed E-state index contributed by atoms with van der Waals surface area (Å²) in [6.07, 6.45) is 2.81. The van der Waals surface area contributed by atoms with Crippen LogP contribution in [-0.2, 0) is 20.8 Å². The molecule has 1 aliphatic rings. The van der Waals surface area contributed by atoms with Gasteiger partial charge in [-0.1, -0.05) is 5.16 Å². The summed E-state index contributed by atoms with van der Waals surface area (Å²) in [5.74, 6) is 0.601. The zero-order chi connectivity index (χ0) is 14.4. The highest BCUT2D eigenvalue weighted by atomic mass is 16.5. The van der Waals surface area contributed by atoms with Gasteiger partial charge in [-0.2, -0.15) is 0 Å². The van der Waals surface area contributed by atoms with Gasteiger partial charge >= 0.3 is 5.97 Å². The molecule has 1 unspecified atom stereocenters. The molecule has 2 heterocycles. The third-order valence-electron chi connectivity index (χ3n) is 3.41. The minimum atomic E-state index is -0.196. The van der Waals surface area contributed by atoms with Gasteiger partial charge < -0.3 is 14.0 Å². The van der Waals surface area contributed by atoms with Crippen molar-refractivity contribution in [1.29, 1.82) is 0 Å². The van der Waals surface area contributed by atoms with E-state index in [2.05, 4.69) is 10.1 Å². The molecule has 20 heavy (non-hydrogen) atoms.